The van der Waals surface area contributed by atoms with Gasteiger partial charge in [0.15, 0.2) is 0 Å². The van der Waals surface area contributed by atoms with E-state index >= 15 is 0 Å². The second-order valence-electron chi connectivity index (χ2n) is 6.67. The third kappa shape index (κ3) is 3.57. The molecule has 0 aromatic heterocycles. The first-order valence-corrected chi connectivity index (χ1v) is 8.09. The van der Waals surface area contributed by atoms with Crippen LogP contribution in [0.4, 0.5) is 5.69 Å². The van der Waals surface area contributed by atoms with Crippen molar-refractivity contribution in [2.75, 3.05) is 0 Å². The molecule has 2 saturated carbocycles. The summed E-state index contributed by atoms with van der Waals surface area (Å²) in [5.41, 5.74) is 4.41. The second kappa shape index (κ2) is 6.48. The Labute approximate surface area is 135 Å². The number of nitro groups is 1. The van der Waals surface area contributed by atoms with Crippen LogP contribution >= 0.6 is 0 Å². The number of hydrazone groups is 1. The zero-order valence-corrected chi connectivity index (χ0v) is 13.2. The van der Waals surface area contributed by atoms with Crippen LogP contribution in [0.25, 0.3) is 0 Å². The van der Waals surface area contributed by atoms with E-state index in [2.05, 4.69) is 10.5 Å². The van der Waals surface area contributed by atoms with Crippen molar-refractivity contribution in [3.05, 3.63) is 39.9 Å². The van der Waals surface area contributed by atoms with Crippen LogP contribution in [-0.4, -0.2) is 16.5 Å². The molecule has 3 atom stereocenters. The number of nitro benzene ring substituents is 1. The molecular formula is C17H21N3O3. The fourth-order valence-electron chi connectivity index (χ4n) is 3.95. The minimum atomic E-state index is -0.452. The molecule has 0 radical (unpaired) electrons. The first-order chi connectivity index (χ1) is 11.0. The smallest absolute Gasteiger partial charge is 0.269 e. The van der Waals surface area contributed by atoms with Gasteiger partial charge in [0.1, 0.15) is 0 Å². The fraction of sp³-hybridized carbons (Fsp3) is 0.529. The number of non-ortho nitro benzene ring substituents is 1. The molecule has 1 aromatic carbocycles. The van der Waals surface area contributed by atoms with Crippen LogP contribution in [0.15, 0.2) is 29.4 Å². The van der Waals surface area contributed by atoms with Crippen LogP contribution in [0.3, 0.4) is 0 Å². The topological polar surface area (TPSA) is 84.6 Å². The summed E-state index contributed by atoms with van der Waals surface area (Å²) >= 11 is 0. The fourth-order valence-corrected chi connectivity index (χ4v) is 3.95. The third-order valence-corrected chi connectivity index (χ3v) is 5.14. The lowest BCUT2D eigenvalue weighted by Gasteiger charge is -2.21. The minimum Gasteiger partial charge on any atom is -0.273 e. The van der Waals surface area contributed by atoms with Crippen molar-refractivity contribution in [1.82, 2.24) is 5.43 Å². The summed E-state index contributed by atoms with van der Waals surface area (Å²) in [6.07, 6.45) is 5.33. The van der Waals surface area contributed by atoms with Crippen molar-refractivity contribution < 1.29 is 9.72 Å². The molecule has 6 nitrogen and oxygen atoms in total. The van der Waals surface area contributed by atoms with E-state index in [4.69, 9.17) is 0 Å². The van der Waals surface area contributed by atoms with E-state index in [0.29, 0.717) is 5.92 Å². The normalized spacial score (nSPS) is 26.3. The molecule has 0 unspecified atom stereocenters. The Morgan fingerprint density at radius 1 is 1.30 bits per heavy atom. The van der Waals surface area contributed by atoms with Crippen molar-refractivity contribution in [2.45, 2.75) is 39.0 Å². The Kier molecular flexibility index (Phi) is 4.41. The van der Waals surface area contributed by atoms with Crippen molar-refractivity contribution >= 4 is 17.3 Å². The summed E-state index contributed by atoms with van der Waals surface area (Å²) in [6, 6.07) is 6.02. The molecule has 2 fully saturated rings. The Bertz CT molecular complexity index is 639. The molecule has 1 aromatic rings. The first kappa shape index (κ1) is 15.6. The molecule has 2 aliphatic carbocycles. The van der Waals surface area contributed by atoms with E-state index in [0.717, 1.165) is 23.1 Å². The molecule has 0 heterocycles. The number of fused-ring (bicyclic) bond motifs is 2. The number of benzene rings is 1. The average molecular weight is 315 g/mol. The van der Waals surface area contributed by atoms with E-state index in [1.165, 1.54) is 37.8 Å². The summed E-state index contributed by atoms with van der Waals surface area (Å²) in [7, 11) is 0. The number of hydrogen-bond donors (Lipinski definition) is 1. The summed E-state index contributed by atoms with van der Waals surface area (Å²) in [5.74, 6) is 1.93. The average Bonchev–Trinajstić information content (AvgIpc) is 3.16. The van der Waals surface area contributed by atoms with Crippen molar-refractivity contribution in [2.24, 2.45) is 22.9 Å². The standard InChI is InChI=1S/C17H21N3O3/c1-11(16-9-13-2-5-14(16)8-13)18-19-17(21)10-12-3-6-15(7-4-12)20(22)23/h3-4,6-7,13-14,16H,2,5,8-10H2,1H3,(H,19,21)/b18-11+/t13-,14-,16+/m0/s1. The van der Waals surface area contributed by atoms with Crippen LogP contribution in [0.2, 0.25) is 0 Å². The molecule has 0 aliphatic heterocycles. The quantitative estimate of drug-likeness (QED) is 0.515. The van der Waals surface area contributed by atoms with Gasteiger partial charge in [-0.1, -0.05) is 18.6 Å². The maximum absolute atomic E-state index is 12.0. The highest BCUT2D eigenvalue weighted by molar-refractivity contribution is 5.87. The van der Waals surface area contributed by atoms with Gasteiger partial charge in [-0.25, -0.2) is 5.43 Å². The highest BCUT2D eigenvalue weighted by Crippen LogP contribution is 2.48. The van der Waals surface area contributed by atoms with Gasteiger partial charge in [-0.15, -0.1) is 0 Å². The van der Waals surface area contributed by atoms with Crippen LogP contribution in [0, 0.1) is 27.9 Å². The highest BCUT2D eigenvalue weighted by atomic mass is 16.6. The summed E-state index contributed by atoms with van der Waals surface area (Å²) < 4.78 is 0. The predicted molar refractivity (Wildman–Crippen MR) is 87.0 cm³/mol. The number of amides is 1. The zero-order valence-electron chi connectivity index (χ0n) is 13.2. The van der Waals surface area contributed by atoms with Crippen LogP contribution in [0.5, 0.6) is 0 Å². The number of carbonyl (C=O) groups is 1. The maximum atomic E-state index is 12.0. The van der Waals surface area contributed by atoms with Gasteiger partial charge in [0.2, 0.25) is 5.91 Å². The molecule has 2 bridgehead atoms. The van der Waals surface area contributed by atoms with Crippen LogP contribution in [-0.2, 0) is 11.2 Å². The molecule has 2 aliphatic rings. The van der Waals surface area contributed by atoms with Gasteiger partial charge >= 0.3 is 0 Å². The summed E-state index contributed by atoms with van der Waals surface area (Å²) in [5, 5.41) is 14.9. The van der Waals surface area contributed by atoms with Gasteiger partial charge in [-0.2, -0.15) is 5.10 Å². The molecule has 0 saturated heterocycles. The van der Waals surface area contributed by atoms with Gasteiger partial charge in [0, 0.05) is 23.8 Å². The molecule has 6 heteroatoms. The van der Waals surface area contributed by atoms with Crippen molar-refractivity contribution in [3.8, 4) is 0 Å². The Hall–Kier alpha value is -2.24. The summed E-state index contributed by atoms with van der Waals surface area (Å²) in [6.45, 7) is 2.00. The van der Waals surface area contributed by atoms with Gasteiger partial charge in [0.25, 0.3) is 5.69 Å². The number of carbonyl (C=O) groups excluding carboxylic acids is 1. The minimum absolute atomic E-state index is 0.0271. The van der Waals surface area contributed by atoms with E-state index in [9.17, 15) is 14.9 Å². The van der Waals surface area contributed by atoms with Crippen LogP contribution in [0.1, 0.15) is 38.2 Å². The maximum Gasteiger partial charge on any atom is 0.269 e. The van der Waals surface area contributed by atoms with Crippen LogP contribution < -0.4 is 5.43 Å². The van der Waals surface area contributed by atoms with Gasteiger partial charge in [-0.05, 0) is 43.6 Å². The monoisotopic (exact) mass is 315 g/mol. The SMILES string of the molecule is C/C(=N\NC(=O)Cc1ccc([N+](=O)[O-])cc1)[C@H]1C[C@H]2CC[C@H]1C2. The zero-order chi connectivity index (χ0) is 16.4. The molecule has 1 N–H and O–H groups in total. The second-order valence-corrected chi connectivity index (χ2v) is 6.67. The predicted octanol–water partition coefficient (Wildman–Crippen LogP) is 3.07. The summed E-state index contributed by atoms with van der Waals surface area (Å²) in [4.78, 5) is 22.1. The number of nitrogens with zero attached hydrogens (tertiary/aromatic N) is 2. The molecule has 122 valence electrons. The lowest BCUT2D eigenvalue weighted by atomic mass is 9.86. The largest absolute Gasteiger partial charge is 0.273 e. The Balaban J connectivity index is 1.53. The van der Waals surface area contributed by atoms with Gasteiger partial charge in [-0.3, -0.25) is 14.9 Å². The molecule has 23 heavy (non-hydrogen) atoms. The van der Waals surface area contributed by atoms with E-state index < -0.39 is 4.92 Å². The Morgan fingerprint density at radius 3 is 2.61 bits per heavy atom. The molecule has 3 rings (SSSR count). The Morgan fingerprint density at radius 2 is 2.04 bits per heavy atom. The van der Waals surface area contributed by atoms with E-state index in [1.807, 2.05) is 6.92 Å². The van der Waals surface area contributed by atoms with Gasteiger partial charge in [0.05, 0.1) is 11.3 Å². The third-order valence-electron chi connectivity index (χ3n) is 5.14. The van der Waals surface area contributed by atoms with E-state index in [1.54, 1.807) is 12.1 Å². The molecular weight excluding hydrogens is 294 g/mol. The van der Waals surface area contributed by atoms with Gasteiger partial charge < -0.3 is 0 Å². The number of nitrogens with one attached hydrogen (secondary N) is 1. The first-order valence-electron chi connectivity index (χ1n) is 8.09. The van der Waals surface area contributed by atoms with Crippen molar-refractivity contribution in [3.63, 3.8) is 0 Å². The lowest BCUT2D eigenvalue weighted by molar-refractivity contribution is -0.384. The van der Waals surface area contributed by atoms with E-state index in [-0.39, 0.29) is 18.0 Å². The number of rotatable bonds is 5. The lowest BCUT2D eigenvalue weighted by Crippen LogP contribution is -2.25. The van der Waals surface area contributed by atoms with Crippen molar-refractivity contribution in [1.29, 1.82) is 0 Å². The highest BCUT2D eigenvalue weighted by Gasteiger charge is 2.40. The molecule has 1 amide bonds. The molecule has 0 spiro atoms. The number of hydrogen-bond acceptors (Lipinski definition) is 4.